The van der Waals surface area contributed by atoms with Crippen molar-refractivity contribution in [2.45, 2.75) is 24.6 Å². The first-order chi connectivity index (χ1) is 8.31. The predicted molar refractivity (Wildman–Crippen MR) is 67.9 cm³/mol. The fraction of sp³-hybridized carbons (Fsp3) is 0.333. The van der Waals surface area contributed by atoms with Crippen molar-refractivity contribution < 1.29 is 0 Å². The zero-order valence-corrected chi connectivity index (χ0v) is 10.6. The zero-order valence-electron chi connectivity index (χ0n) is 9.11. The summed E-state index contributed by atoms with van der Waals surface area (Å²) < 4.78 is 1.74. The van der Waals surface area contributed by atoms with Crippen LogP contribution >= 0.6 is 23.2 Å². The van der Waals surface area contributed by atoms with Crippen LogP contribution in [0.1, 0.15) is 30.0 Å². The van der Waals surface area contributed by atoms with Crippen LogP contribution in [0.4, 0.5) is 0 Å². The molecule has 0 bridgehead atoms. The number of pyridine rings is 1. The lowest BCUT2D eigenvalue weighted by molar-refractivity contribution is 0.835. The average molecular weight is 268 g/mol. The fourth-order valence-corrected chi connectivity index (χ4v) is 2.54. The van der Waals surface area contributed by atoms with Crippen molar-refractivity contribution in [1.82, 2.24) is 14.8 Å². The van der Waals surface area contributed by atoms with Gasteiger partial charge in [-0.05, 0) is 25.0 Å². The monoisotopic (exact) mass is 267 g/mol. The van der Waals surface area contributed by atoms with Gasteiger partial charge < -0.3 is 0 Å². The van der Waals surface area contributed by atoms with Gasteiger partial charge in [0.2, 0.25) is 0 Å². The molecule has 0 amide bonds. The number of rotatable bonds is 3. The van der Waals surface area contributed by atoms with Crippen molar-refractivity contribution >= 4 is 23.2 Å². The summed E-state index contributed by atoms with van der Waals surface area (Å²) in [6, 6.07) is 3.77. The molecule has 0 saturated heterocycles. The quantitative estimate of drug-likeness (QED) is 0.797. The van der Waals surface area contributed by atoms with E-state index < -0.39 is 0 Å². The molecule has 0 unspecified atom stereocenters. The summed E-state index contributed by atoms with van der Waals surface area (Å²) in [5.74, 6) is 0.958. The Labute approximate surface area is 109 Å². The minimum Gasteiger partial charge on any atom is -0.265 e. The van der Waals surface area contributed by atoms with Crippen LogP contribution < -0.4 is 0 Å². The first-order valence-corrected chi connectivity index (χ1v) is 6.46. The second-order valence-corrected chi connectivity index (χ2v) is 4.80. The van der Waals surface area contributed by atoms with Crippen LogP contribution in [0.2, 0.25) is 5.15 Å². The highest BCUT2D eigenvalue weighted by molar-refractivity contribution is 6.31. The lowest BCUT2D eigenvalue weighted by atomic mass is 10.2. The number of hydrogen-bond acceptors (Lipinski definition) is 2. The predicted octanol–water partition coefficient (Wildman–Crippen LogP) is 3.54. The van der Waals surface area contributed by atoms with Gasteiger partial charge in [-0.3, -0.25) is 4.98 Å². The first kappa shape index (κ1) is 11.1. The summed E-state index contributed by atoms with van der Waals surface area (Å²) in [5, 5.41) is 5.20. The Balaban J connectivity index is 2.11. The van der Waals surface area contributed by atoms with Crippen LogP contribution in [0.25, 0.3) is 5.69 Å². The largest absolute Gasteiger partial charge is 0.265 e. The lowest BCUT2D eigenvalue weighted by Gasteiger charge is -2.01. The Kier molecular flexibility index (Phi) is 2.81. The summed E-state index contributed by atoms with van der Waals surface area (Å²) in [4.78, 5) is 3.99. The van der Waals surface area contributed by atoms with E-state index in [0.717, 1.165) is 16.9 Å². The first-order valence-electron chi connectivity index (χ1n) is 5.55. The van der Waals surface area contributed by atoms with E-state index in [-0.39, 0.29) is 0 Å². The van der Waals surface area contributed by atoms with Crippen LogP contribution in [0.3, 0.4) is 0 Å². The van der Waals surface area contributed by atoms with E-state index in [1.807, 2.05) is 12.1 Å². The molecule has 1 aliphatic rings. The van der Waals surface area contributed by atoms with E-state index in [1.165, 1.54) is 12.8 Å². The van der Waals surface area contributed by atoms with E-state index in [9.17, 15) is 0 Å². The van der Waals surface area contributed by atoms with Crippen molar-refractivity contribution in [2.24, 2.45) is 0 Å². The highest BCUT2D eigenvalue weighted by Crippen LogP contribution is 2.43. The second kappa shape index (κ2) is 4.31. The molecule has 0 aliphatic heterocycles. The van der Waals surface area contributed by atoms with Crippen LogP contribution in [0.5, 0.6) is 0 Å². The molecule has 88 valence electrons. The topological polar surface area (TPSA) is 30.7 Å². The minimum atomic E-state index is 0.412. The molecule has 0 radical (unpaired) electrons. The highest BCUT2D eigenvalue weighted by atomic mass is 35.5. The van der Waals surface area contributed by atoms with Crippen LogP contribution in [0.15, 0.2) is 24.5 Å². The molecule has 2 aromatic heterocycles. The Morgan fingerprint density at radius 3 is 2.59 bits per heavy atom. The van der Waals surface area contributed by atoms with Gasteiger partial charge >= 0.3 is 0 Å². The molecule has 5 heteroatoms. The maximum Gasteiger partial charge on any atom is 0.137 e. The third kappa shape index (κ3) is 1.94. The molecule has 3 rings (SSSR count). The van der Waals surface area contributed by atoms with Crippen LogP contribution in [-0.4, -0.2) is 14.8 Å². The molecule has 1 aliphatic carbocycles. The van der Waals surface area contributed by atoms with Crippen molar-refractivity contribution in [3.8, 4) is 5.69 Å². The van der Waals surface area contributed by atoms with E-state index in [4.69, 9.17) is 23.2 Å². The third-order valence-corrected chi connectivity index (χ3v) is 3.61. The van der Waals surface area contributed by atoms with Gasteiger partial charge in [0, 0.05) is 23.9 Å². The summed E-state index contributed by atoms with van der Waals surface area (Å²) >= 11 is 12.3. The summed E-state index contributed by atoms with van der Waals surface area (Å²) in [6.07, 6.45) is 5.83. The van der Waals surface area contributed by atoms with Gasteiger partial charge in [-0.2, -0.15) is 5.10 Å². The second-order valence-electron chi connectivity index (χ2n) is 4.18. The molecular weight excluding hydrogens is 257 g/mol. The average Bonchev–Trinajstić information content (AvgIpc) is 3.15. The maximum atomic E-state index is 6.33. The SMILES string of the molecule is ClCc1c(C2CC2)nn(-c2ccncc2)c1Cl. The molecule has 2 aromatic rings. The zero-order chi connectivity index (χ0) is 11.8. The molecular formula is C12H11Cl2N3. The van der Waals surface area contributed by atoms with E-state index >= 15 is 0 Å². The van der Waals surface area contributed by atoms with E-state index in [0.29, 0.717) is 17.0 Å². The van der Waals surface area contributed by atoms with Crippen LogP contribution in [0, 0.1) is 0 Å². The number of aromatic nitrogens is 3. The molecule has 1 saturated carbocycles. The maximum absolute atomic E-state index is 6.33. The minimum absolute atomic E-state index is 0.412. The number of halogens is 2. The van der Waals surface area contributed by atoms with Gasteiger partial charge in [0.25, 0.3) is 0 Å². The van der Waals surface area contributed by atoms with Crippen LogP contribution in [-0.2, 0) is 5.88 Å². The fourth-order valence-electron chi connectivity index (χ4n) is 1.91. The number of nitrogens with zero attached hydrogens (tertiary/aromatic N) is 3. The lowest BCUT2D eigenvalue weighted by Crippen LogP contribution is -1.97. The van der Waals surface area contributed by atoms with Gasteiger partial charge in [0.1, 0.15) is 5.15 Å². The Hall–Kier alpha value is -1.06. The van der Waals surface area contributed by atoms with E-state index in [1.54, 1.807) is 17.1 Å². The summed E-state index contributed by atoms with van der Waals surface area (Å²) in [7, 11) is 0. The summed E-state index contributed by atoms with van der Waals surface area (Å²) in [5.41, 5.74) is 2.94. The smallest absolute Gasteiger partial charge is 0.137 e. The van der Waals surface area contributed by atoms with Crippen molar-refractivity contribution in [2.75, 3.05) is 0 Å². The van der Waals surface area contributed by atoms with Gasteiger partial charge in [-0.15, -0.1) is 11.6 Å². The summed E-state index contributed by atoms with van der Waals surface area (Å²) in [6.45, 7) is 0. The third-order valence-electron chi connectivity index (χ3n) is 2.96. The molecule has 2 heterocycles. The van der Waals surface area contributed by atoms with E-state index in [2.05, 4.69) is 10.1 Å². The molecule has 0 N–H and O–H groups in total. The molecule has 0 spiro atoms. The standard InChI is InChI=1S/C12H11Cl2N3/c13-7-10-11(8-1-2-8)16-17(12(10)14)9-3-5-15-6-4-9/h3-6,8H,1-2,7H2. The molecule has 0 atom stereocenters. The highest BCUT2D eigenvalue weighted by Gasteiger charge is 2.31. The Morgan fingerprint density at radius 1 is 1.29 bits per heavy atom. The van der Waals surface area contributed by atoms with Crippen molar-refractivity contribution in [3.05, 3.63) is 40.9 Å². The molecule has 3 nitrogen and oxygen atoms in total. The van der Waals surface area contributed by atoms with Crippen molar-refractivity contribution in [3.63, 3.8) is 0 Å². The molecule has 0 aromatic carbocycles. The van der Waals surface area contributed by atoms with Gasteiger partial charge in [0.15, 0.2) is 0 Å². The molecule has 1 fully saturated rings. The number of hydrogen-bond donors (Lipinski definition) is 0. The Bertz CT molecular complexity index is 532. The van der Waals surface area contributed by atoms with Gasteiger partial charge in [-0.1, -0.05) is 11.6 Å². The normalized spacial score (nSPS) is 15.2. The van der Waals surface area contributed by atoms with Gasteiger partial charge in [0.05, 0.1) is 17.3 Å². The molecule has 17 heavy (non-hydrogen) atoms. The number of alkyl halides is 1. The van der Waals surface area contributed by atoms with Gasteiger partial charge in [-0.25, -0.2) is 4.68 Å². The van der Waals surface area contributed by atoms with Crippen molar-refractivity contribution in [1.29, 1.82) is 0 Å². The Morgan fingerprint density at radius 2 is 2.00 bits per heavy atom.